The van der Waals surface area contributed by atoms with Crippen molar-refractivity contribution >= 4 is 18.3 Å². The molecule has 1 aliphatic rings. The molecule has 0 spiro atoms. The Morgan fingerprint density at radius 1 is 1.40 bits per heavy atom. The van der Waals surface area contributed by atoms with Crippen molar-refractivity contribution in [1.29, 1.82) is 0 Å². The standard InChI is InChI=1S/C17H21FN4O2.ClH/c1-12-16(19-9-11-24-12)17(23)20-8-6-14-7-10-22(21-14)15-4-2-13(18)3-5-15;/h2-5,7,10,12,16,19H,6,8-9,11H2,1H3,(H,20,23);1H/t12-,16+;/m1./s1. The van der Waals surface area contributed by atoms with Gasteiger partial charge in [0.25, 0.3) is 0 Å². The van der Waals surface area contributed by atoms with E-state index < -0.39 is 0 Å². The van der Waals surface area contributed by atoms with Crippen LogP contribution in [0.3, 0.4) is 0 Å². The van der Waals surface area contributed by atoms with Gasteiger partial charge < -0.3 is 15.4 Å². The molecule has 1 saturated heterocycles. The smallest absolute Gasteiger partial charge is 0.239 e. The number of rotatable bonds is 5. The van der Waals surface area contributed by atoms with Gasteiger partial charge in [0.15, 0.2) is 0 Å². The van der Waals surface area contributed by atoms with Gasteiger partial charge in [-0.1, -0.05) is 0 Å². The Labute approximate surface area is 152 Å². The lowest BCUT2D eigenvalue weighted by Gasteiger charge is -2.29. The zero-order valence-electron chi connectivity index (χ0n) is 13.9. The second-order valence-electron chi connectivity index (χ2n) is 5.78. The molecule has 1 aromatic carbocycles. The van der Waals surface area contributed by atoms with Crippen molar-refractivity contribution in [2.45, 2.75) is 25.5 Å². The van der Waals surface area contributed by atoms with Gasteiger partial charge in [0.1, 0.15) is 11.9 Å². The summed E-state index contributed by atoms with van der Waals surface area (Å²) >= 11 is 0. The second kappa shape index (κ2) is 8.94. The highest BCUT2D eigenvalue weighted by Crippen LogP contribution is 2.09. The number of carbonyl (C=O) groups excluding carboxylic acids is 1. The minimum absolute atomic E-state index is 0. The maximum Gasteiger partial charge on any atom is 0.239 e. The van der Waals surface area contributed by atoms with Crippen LogP contribution in [-0.4, -0.2) is 47.5 Å². The molecule has 3 rings (SSSR count). The molecule has 8 heteroatoms. The molecule has 0 unspecified atom stereocenters. The molecule has 2 atom stereocenters. The number of nitrogens with one attached hydrogen (secondary N) is 2. The minimum Gasteiger partial charge on any atom is -0.375 e. The van der Waals surface area contributed by atoms with Crippen LogP contribution in [0.5, 0.6) is 0 Å². The largest absolute Gasteiger partial charge is 0.375 e. The molecule has 0 saturated carbocycles. The monoisotopic (exact) mass is 368 g/mol. The Morgan fingerprint density at radius 3 is 2.88 bits per heavy atom. The van der Waals surface area contributed by atoms with Gasteiger partial charge in [-0.05, 0) is 37.3 Å². The Bertz CT molecular complexity index is 692. The van der Waals surface area contributed by atoms with Gasteiger partial charge in [0, 0.05) is 25.7 Å². The summed E-state index contributed by atoms with van der Waals surface area (Å²) in [6.45, 7) is 3.71. The van der Waals surface area contributed by atoms with Gasteiger partial charge in [-0.25, -0.2) is 9.07 Å². The van der Waals surface area contributed by atoms with Gasteiger partial charge in [0.2, 0.25) is 5.91 Å². The molecule has 6 nitrogen and oxygen atoms in total. The number of benzene rings is 1. The highest BCUT2D eigenvalue weighted by atomic mass is 35.5. The first-order valence-corrected chi connectivity index (χ1v) is 8.06. The van der Waals surface area contributed by atoms with Crippen LogP contribution in [0.4, 0.5) is 4.39 Å². The summed E-state index contributed by atoms with van der Waals surface area (Å²) in [5.74, 6) is -0.330. The topological polar surface area (TPSA) is 68.2 Å². The van der Waals surface area contributed by atoms with E-state index in [4.69, 9.17) is 4.74 Å². The molecule has 25 heavy (non-hydrogen) atoms. The zero-order chi connectivity index (χ0) is 16.9. The van der Waals surface area contributed by atoms with E-state index in [1.807, 2.05) is 19.2 Å². The molecule has 1 fully saturated rings. The number of hydrogen-bond acceptors (Lipinski definition) is 4. The molecule has 0 bridgehead atoms. The lowest BCUT2D eigenvalue weighted by atomic mass is 10.1. The molecular formula is C17H22ClFN4O2. The fraction of sp³-hybridized carbons (Fsp3) is 0.412. The predicted molar refractivity (Wildman–Crippen MR) is 94.7 cm³/mol. The summed E-state index contributed by atoms with van der Waals surface area (Å²) in [6, 6.07) is 7.72. The molecule has 2 heterocycles. The number of amides is 1. The summed E-state index contributed by atoms with van der Waals surface area (Å²) in [5.41, 5.74) is 1.66. The molecule has 136 valence electrons. The average molecular weight is 369 g/mol. The Balaban J connectivity index is 0.00000225. The van der Waals surface area contributed by atoms with E-state index in [1.165, 1.54) is 12.1 Å². The van der Waals surface area contributed by atoms with E-state index in [1.54, 1.807) is 16.8 Å². The van der Waals surface area contributed by atoms with Crippen molar-refractivity contribution in [2.24, 2.45) is 0 Å². The summed E-state index contributed by atoms with van der Waals surface area (Å²) in [4.78, 5) is 12.1. The minimum atomic E-state index is -0.310. The van der Waals surface area contributed by atoms with E-state index >= 15 is 0 Å². The van der Waals surface area contributed by atoms with E-state index in [0.29, 0.717) is 26.1 Å². The molecule has 1 aromatic heterocycles. The maximum absolute atomic E-state index is 12.9. The van der Waals surface area contributed by atoms with Crippen LogP contribution in [0.1, 0.15) is 12.6 Å². The van der Waals surface area contributed by atoms with Crippen molar-refractivity contribution in [2.75, 3.05) is 19.7 Å². The van der Waals surface area contributed by atoms with Crippen LogP contribution in [0, 0.1) is 5.82 Å². The highest BCUT2D eigenvalue weighted by molar-refractivity contribution is 5.85. The Morgan fingerprint density at radius 2 is 2.16 bits per heavy atom. The third-order valence-corrected chi connectivity index (χ3v) is 4.01. The van der Waals surface area contributed by atoms with Crippen molar-refractivity contribution in [3.63, 3.8) is 0 Å². The number of halogens is 2. The first-order valence-electron chi connectivity index (χ1n) is 8.06. The van der Waals surface area contributed by atoms with Crippen LogP contribution >= 0.6 is 12.4 Å². The normalized spacial score (nSPS) is 19.9. The number of aromatic nitrogens is 2. The van der Waals surface area contributed by atoms with Gasteiger partial charge in [0.05, 0.1) is 24.1 Å². The molecule has 1 amide bonds. The first kappa shape index (κ1) is 19.4. The van der Waals surface area contributed by atoms with Crippen molar-refractivity contribution < 1.29 is 13.9 Å². The van der Waals surface area contributed by atoms with E-state index in [2.05, 4.69) is 15.7 Å². The SMILES string of the molecule is C[C@H]1OCCN[C@@H]1C(=O)NCCc1ccn(-c2ccc(F)cc2)n1.Cl. The van der Waals surface area contributed by atoms with Crippen LogP contribution in [-0.2, 0) is 16.0 Å². The molecular weight excluding hydrogens is 347 g/mol. The predicted octanol–water partition coefficient (Wildman–Crippen LogP) is 1.47. The summed E-state index contributed by atoms with van der Waals surface area (Å²) in [7, 11) is 0. The molecule has 2 aromatic rings. The highest BCUT2D eigenvalue weighted by Gasteiger charge is 2.27. The summed E-state index contributed by atoms with van der Waals surface area (Å²) in [6.07, 6.45) is 2.32. The van der Waals surface area contributed by atoms with Gasteiger partial charge in [-0.3, -0.25) is 4.79 Å². The van der Waals surface area contributed by atoms with Crippen LogP contribution in [0.2, 0.25) is 0 Å². The fourth-order valence-electron chi connectivity index (χ4n) is 2.68. The average Bonchev–Trinajstić information content (AvgIpc) is 3.04. The number of ether oxygens (including phenoxy) is 1. The lowest BCUT2D eigenvalue weighted by molar-refractivity contribution is -0.128. The Hall–Kier alpha value is -1.96. The molecule has 0 aliphatic carbocycles. The lowest BCUT2D eigenvalue weighted by Crippen LogP contribution is -2.55. The summed E-state index contributed by atoms with van der Waals surface area (Å²) in [5, 5.41) is 10.5. The van der Waals surface area contributed by atoms with Crippen molar-refractivity contribution in [1.82, 2.24) is 20.4 Å². The van der Waals surface area contributed by atoms with Gasteiger partial charge in [-0.15, -0.1) is 12.4 Å². The van der Waals surface area contributed by atoms with Gasteiger partial charge >= 0.3 is 0 Å². The van der Waals surface area contributed by atoms with Crippen LogP contribution < -0.4 is 10.6 Å². The Kier molecular flexibility index (Phi) is 6.92. The van der Waals surface area contributed by atoms with Crippen molar-refractivity contribution in [3.05, 3.63) is 48.0 Å². The third-order valence-electron chi connectivity index (χ3n) is 4.01. The fourth-order valence-corrected chi connectivity index (χ4v) is 2.68. The number of carbonyl (C=O) groups is 1. The summed E-state index contributed by atoms with van der Waals surface area (Å²) < 4.78 is 20.1. The molecule has 1 aliphatic heterocycles. The maximum atomic E-state index is 12.9. The zero-order valence-corrected chi connectivity index (χ0v) is 14.8. The van der Waals surface area contributed by atoms with Crippen LogP contribution in [0.15, 0.2) is 36.5 Å². The number of hydrogen-bond donors (Lipinski definition) is 2. The first-order chi connectivity index (χ1) is 11.6. The van der Waals surface area contributed by atoms with Gasteiger partial charge in [-0.2, -0.15) is 5.10 Å². The molecule has 0 radical (unpaired) electrons. The van der Waals surface area contributed by atoms with E-state index in [9.17, 15) is 9.18 Å². The van der Waals surface area contributed by atoms with Crippen molar-refractivity contribution in [3.8, 4) is 5.69 Å². The van der Waals surface area contributed by atoms with E-state index in [0.717, 1.165) is 11.4 Å². The second-order valence-corrected chi connectivity index (χ2v) is 5.78. The van der Waals surface area contributed by atoms with E-state index in [-0.39, 0.29) is 36.3 Å². The van der Waals surface area contributed by atoms with Crippen LogP contribution in [0.25, 0.3) is 5.69 Å². The quantitative estimate of drug-likeness (QED) is 0.838. The molecule has 2 N–H and O–H groups in total. The number of nitrogens with zero attached hydrogens (tertiary/aromatic N) is 2. The number of morpholine rings is 1. The third kappa shape index (κ3) is 5.01.